The molecule has 0 unspecified atom stereocenters. The molecule has 1 amide bonds. The third-order valence-corrected chi connectivity index (χ3v) is 6.19. The molecule has 0 aromatic heterocycles. The van der Waals surface area contributed by atoms with Crippen molar-refractivity contribution >= 4 is 31.9 Å². The first kappa shape index (κ1) is 19.6. The number of nitrogens with zero attached hydrogens (tertiary/aromatic N) is 1. The van der Waals surface area contributed by atoms with Crippen LogP contribution in [0.1, 0.15) is 24.1 Å². The molecule has 1 N–H and O–H groups in total. The van der Waals surface area contributed by atoms with Crippen LogP contribution in [0.5, 0.6) is 0 Å². The number of carbonyl (C=O) groups excluding carboxylic acids is 1. The van der Waals surface area contributed by atoms with E-state index >= 15 is 0 Å². The van der Waals surface area contributed by atoms with Crippen molar-refractivity contribution in [3.63, 3.8) is 0 Å². The first-order valence-electron chi connectivity index (χ1n) is 7.78. The van der Waals surface area contributed by atoms with Gasteiger partial charge in [-0.15, -0.1) is 0 Å². The fraction of sp³-hybridized carbons (Fsp3) is 0.278. The highest BCUT2D eigenvalue weighted by Gasteiger charge is 2.23. The zero-order chi connectivity index (χ0) is 18.6. The third kappa shape index (κ3) is 5.14. The lowest BCUT2D eigenvalue weighted by atomic mass is 10.1. The van der Waals surface area contributed by atoms with Gasteiger partial charge in [0.2, 0.25) is 15.9 Å². The van der Waals surface area contributed by atoms with Crippen LogP contribution in [0.3, 0.4) is 0 Å². The van der Waals surface area contributed by atoms with Gasteiger partial charge in [0.25, 0.3) is 0 Å². The highest BCUT2D eigenvalue weighted by atomic mass is 79.9. The van der Waals surface area contributed by atoms with E-state index in [1.165, 1.54) is 7.05 Å². The monoisotopic (exact) mass is 424 g/mol. The molecule has 2 rings (SSSR count). The highest BCUT2D eigenvalue weighted by molar-refractivity contribution is 9.10. The maximum absolute atomic E-state index is 12.5. The first-order valence-corrected chi connectivity index (χ1v) is 10.0. The predicted molar refractivity (Wildman–Crippen MR) is 102 cm³/mol. The molecule has 2 aromatic carbocycles. The summed E-state index contributed by atoms with van der Waals surface area (Å²) in [4.78, 5) is 12.4. The van der Waals surface area contributed by atoms with Gasteiger partial charge in [-0.25, -0.2) is 8.42 Å². The molecule has 0 bridgehead atoms. The van der Waals surface area contributed by atoms with Crippen LogP contribution in [0, 0.1) is 6.92 Å². The SMILES string of the molecule is Cc1ccc(S(=O)(=O)N(C)CC(=O)N[C@H](C)c2ccc(Br)cc2)cc1. The summed E-state index contributed by atoms with van der Waals surface area (Å²) < 4.78 is 27.0. The summed E-state index contributed by atoms with van der Waals surface area (Å²) in [5.41, 5.74) is 1.92. The average Bonchev–Trinajstić information content (AvgIpc) is 2.55. The summed E-state index contributed by atoms with van der Waals surface area (Å²) in [5, 5.41) is 2.82. The second kappa shape index (κ2) is 8.12. The number of benzene rings is 2. The number of aryl methyl sites for hydroxylation is 1. The van der Waals surface area contributed by atoms with Gasteiger partial charge in [0.15, 0.2) is 0 Å². The van der Waals surface area contributed by atoms with Crippen molar-refractivity contribution in [3.8, 4) is 0 Å². The summed E-state index contributed by atoms with van der Waals surface area (Å²) >= 11 is 3.37. The van der Waals surface area contributed by atoms with Crippen LogP contribution >= 0.6 is 15.9 Å². The van der Waals surface area contributed by atoms with Gasteiger partial charge < -0.3 is 5.32 Å². The Morgan fingerprint density at radius 1 is 1.12 bits per heavy atom. The van der Waals surface area contributed by atoms with E-state index in [0.717, 1.165) is 19.9 Å². The van der Waals surface area contributed by atoms with E-state index in [-0.39, 0.29) is 23.4 Å². The minimum Gasteiger partial charge on any atom is -0.348 e. The number of carbonyl (C=O) groups is 1. The Hall–Kier alpha value is -1.70. The van der Waals surface area contributed by atoms with Gasteiger partial charge in [0, 0.05) is 11.5 Å². The van der Waals surface area contributed by atoms with Gasteiger partial charge in [-0.3, -0.25) is 4.79 Å². The standard InChI is InChI=1S/C18H21BrN2O3S/c1-13-4-10-17(11-5-13)25(23,24)21(3)12-18(22)20-14(2)15-6-8-16(19)9-7-15/h4-11,14H,12H2,1-3H3,(H,20,22)/t14-/m1/s1. The van der Waals surface area contributed by atoms with Crippen molar-refractivity contribution < 1.29 is 13.2 Å². The lowest BCUT2D eigenvalue weighted by Gasteiger charge is -2.19. The van der Waals surface area contributed by atoms with Gasteiger partial charge in [-0.1, -0.05) is 45.8 Å². The van der Waals surface area contributed by atoms with E-state index in [9.17, 15) is 13.2 Å². The molecule has 134 valence electrons. The zero-order valence-corrected chi connectivity index (χ0v) is 16.8. The van der Waals surface area contributed by atoms with E-state index in [4.69, 9.17) is 0 Å². The van der Waals surface area contributed by atoms with Crippen LogP contribution in [0.25, 0.3) is 0 Å². The third-order valence-electron chi connectivity index (χ3n) is 3.84. The van der Waals surface area contributed by atoms with E-state index in [1.54, 1.807) is 24.3 Å². The molecule has 25 heavy (non-hydrogen) atoms. The number of rotatable bonds is 6. The Morgan fingerprint density at radius 3 is 2.24 bits per heavy atom. The smallest absolute Gasteiger partial charge is 0.243 e. The van der Waals surface area contributed by atoms with E-state index < -0.39 is 10.0 Å². The second-order valence-electron chi connectivity index (χ2n) is 5.91. The lowest BCUT2D eigenvalue weighted by molar-refractivity contribution is -0.121. The number of likely N-dealkylation sites (N-methyl/N-ethyl adjacent to an activating group) is 1. The van der Waals surface area contributed by atoms with Gasteiger partial charge in [0.05, 0.1) is 17.5 Å². The summed E-state index contributed by atoms with van der Waals surface area (Å²) in [6.45, 7) is 3.50. The number of amides is 1. The van der Waals surface area contributed by atoms with Crippen molar-refractivity contribution in [2.45, 2.75) is 24.8 Å². The Balaban J connectivity index is 2.01. The lowest BCUT2D eigenvalue weighted by Crippen LogP contribution is -2.39. The molecular formula is C18H21BrN2O3S. The van der Waals surface area contributed by atoms with E-state index in [1.807, 2.05) is 38.1 Å². The highest BCUT2D eigenvalue weighted by Crippen LogP contribution is 2.17. The van der Waals surface area contributed by atoms with Crippen molar-refractivity contribution in [2.24, 2.45) is 0 Å². The molecule has 7 heteroatoms. The Bertz CT molecular complexity index is 834. The fourth-order valence-electron chi connectivity index (χ4n) is 2.30. The molecule has 0 aliphatic carbocycles. The average molecular weight is 425 g/mol. The largest absolute Gasteiger partial charge is 0.348 e. The Morgan fingerprint density at radius 2 is 1.68 bits per heavy atom. The number of halogens is 1. The first-order chi connectivity index (χ1) is 11.7. The summed E-state index contributed by atoms with van der Waals surface area (Å²) in [6, 6.07) is 13.9. The van der Waals surface area contributed by atoms with Crippen molar-refractivity contribution in [1.29, 1.82) is 0 Å². The molecule has 0 saturated heterocycles. The molecule has 1 atom stereocenters. The molecule has 0 fully saturated rings. The molecule has 0 aliphatic heterocycles. The van der Waals surface area contributed by atoms with Crippen LogP contribution < -0.4 is 5.32 Å². The quantitative estimate of drug-likeness (QED) is 0.773. The number of hydrogen-bond acceptors (Lipinski definition) is 3. The van der Waals surface area contributed by atoms with Crippen LogP contribution in [0.15, 0.2) is 57.9 Å². The molecule has 0 spiro atoms. The maximum atomic E-state index is 12.5. The van der Waals surface area contributed by atoms with Crippen molar-refractivity contribution in [3.05, 3.63) is 64.1 Å². The van der Waals surface area contributed by atoms with Crippen LogP contribution in [-0.4, -0.2) is 32.2 Å². The summed E-state index contributed by atoms with van der Waals surface area (Å²) in [7, 11) is -2.29. The number of nitrogens with one attached hydrogen (secondary N) is 1. The minimum atomic E-state index is -3.69. The van der Waals surface area contributed by atoms with Gasteiger partial charge >= 0.3 is 0 Å². The Labute approximate surface area is 157 Å². The number of sulfonamides is 1. The normalized spacial score (nSPS) is 12.8. The summed E-state index contributed by atoms with van der Waals surface area (Å²) in [6.07, 6.45) is 0. The van der Waals surface area contributed by atoms with Crippen LogP contribution in [-0.2, 0) is 14.8 Å². The zero-order valence-electron chi connectivity index (χ0n) is 14.4. The van der Waals surface area contributed by atoms with Crippen LogP contribution in [0.4, 0.5) is 0 Å². The molecule has 0 aliphatic rings. The molecule has 0 heterocycles. The Kier molecular flexibility index (Phi) is 6.37. The minimum absolute atomic E-state index is 0.175. The molecular weight excluding hydrogens is 404 g/mol. The molecule has 0 saturated carbocycles. The molecule has 5 nitrogen and oxygen atoms in total. The van der Waals surface area contributed by atoms with Gasteiger partial charge in [-0.05, 0) is 43.7 Å². The van der Waals surface area contributed by atoms with E-state index in [0.29, 0.717) is 0 Å². The van der Waals surface area contributed by atoms with Crippen molar-refractivity contribution in [1.82, 2.24) is 9.62 Å². The summed E-state index contributed by atoms with van der Waals surface area (Å²) in [5.74, 6) is -0.353. The van der Waals surface area contributed by atoms with Crippen LogP contribution in [0.2, 0.25) is 0 Å². The second-order valence-corrected chi connectivity index (χ2v) is 8.88. The van der Waals surface area contributed by atoms with E-state index in [2.05, 4.69) is 21.2 Å². The molecule has 2 aromatic rings. The van der Waals surface area contributed by atoms with Crippen molar-refractivity contribution in [2.75, 3.05) is 13.6 Å². The topological polar surface area (TPSA) is 66.5 Å². The van der Waals surface area contributed by atoms with Gasteiger partial charge in [0.1, 0.15) is 0 Å². The fourth-order valence-corrected chi connectivity index (χ4v) is 3.69. The predicted octanol–water partition coefficient (Wildman–Crippen LogP) is 3.26. The van der Waals surface area contributed by atoms with Gasteiger partial charge in [-0.2, -0.15) is 4.31 Å². The maximum Gasteiger partial charge on any atom is 0.243 e. The molecule has 0 radical (unpaired) electrons. The number of hydrogen-bond donors (Lipinski definition) is 1.